The fourth-order valence-electron chi connectivity index (χ4n) is 0.491. The summed E-state index contributed by atoms with van der Waals surface area (Å²) in [5, 5.41) is 9.87. The van der Waals surface area contributed by atoms with Crippen LogP contribution in [0.4, 0.5) is 4.79 Å². The quantitative estimate of drug-likeness (QED) is 0.627. The maximum absolute atomic E-state index is 10.6. The Morgan fingerprint density at radius 1 is 1.55 bits per heavy atom. The van der Waals surface area contributed by atoms with E-state index in [9.17, 15) is 9.59 Å². The summed E-state index contributed by atoms with van der Waals surface area (Å²) < 4.78 is 0. The van der Waals surface area contributed by atoms with Gasteiger partial charge in [0, 0.05) is 12.2 Å². The summed E-state index contributed by atoms with van der Waals surface area (Å²) in [4.78, 5) is 20.5. The lowest BCUT2D eigenvalue weighted by atomic mass is 10.5. The fourth-order valence-corrected chi connectivity index (χ4v) is 1.11. The molecule has 0 radical (unpaired) electrons. The van der Waals surface area contributed by atoms with Crippen LogP contribution in [-0.4, -0.2) is 28.6 Å². The van der Waals surface area contributed by atoms with Crippen molar-refractivity contribution in [3.8, 4) is 0 Å². The van der Waals surface area contributed by atoms with E-state index >= 15 is 0 Å². The number of carbonyl (C=O) groups is 2. The summed E-state index contributed by atoms with van der Waals surface area (Å²) in [7, 11) is 0. The Hall–Kier alpha value is -0.710. The molecule has 0 saturated carbocycles. The second kappa shape index (κ2) is 6.03. The van der Waals surface area contributed by atoms with Crippen molar-refractivity contribution in [1.29, 1.82) is 0 Å². The highest BCUT2D eigenvalue weighted by Crippen LogP contribution is 1.99. The van der Waals surface area contributed by atoms with Crippen molar-refractivity contribution in [2.45, 2.75) is 13.3 Å². The molecule has 0 aromatic heterocycles. The minimum Gasteiger partial charge on any atom is -0.465 e. The summed E-state index contributed by atoms with van der Waals surface area (Å²) in [5.41, 5.74) is 0. The number of amides is 2. The van der Waals surface area contributed by atoms with Crippen molar-refractivity contribution >= 4 is 23.8 Å². The van der Waals surface area contributed by atoms with E-state index in [-0.39, 0.29) is 6.42 Å². The summed E-state index contributed by atoms with van der Waals surface area (Å²) in [5.74, 6) is 1.19. The van der Waals surface area contributed by atoms with Gasteiger partial charge in [0.1, 0.15) is 0 Å². The predicted molar refractivity (Wildman–Crippen MR) is 43.8 cm³/mol. The zero-order valence-corrected chi connectivity index (χ0v) is 7.11. The molecule has 0 aromatic rings. The van der Waals surface area contributed by atoms with Crippen LogP contribution < -0.4 is 5.32 Å². The van der Waals surface area contributed by atoms with Gasteiger partial charge in [-0.05, 0) is 5.75 Å². The molecule has 0 spiro atoms. The third-order valence-electron chi connectivity index (χ3n) is 0.924. The van der Waals surface area contributed by atoms with Gasteiger partial charge in [-0.3, -0.25) is 10.1 Å². The molecule has 0 aliphatic rings. The summed E-state index contributed by atoms with van der Waals surface area (Å²) in [6, 6.07) is 0. The molecule has 0 heterocycles. The SMILES string of the molecule is CCSCCC(=O)NC(=O)O. The van der Waals surface area contributed by atoms with E-state index in [1.807, 2.05) is 6.92 Å². The van der Waals surface area contributed by atoms with Crippen LogP contribution in [0.15, 0.2) is 0 Å². The molecule has 2 amide bonds. The molecule has 11 heavy (non-hydrogen) atoms. The lowest BCUT2D eigenvalue weighted by Gasteiger charge is -1.97. The number of carbonyl (C=O) groups excluding carboxylic acids is 1. The Labute approximate surface area is 69.4 Å². The second-order valence-corrected chi connectivity index (χ2v) is 3.19. The van der Waals surface area contributed by atoms with Crippen molar-refractivity contribution < 1.29 is 14.7 Å². The highest BCUT2D eigenvalue weighted by Gasteiger charge is 2.03. The molecular weight excluding hydrogens is 166 g/mol. The van der Waals surface area contributed by atoms with Gasteiger partial charge in [-0.25, -0.2) is 4.79 Å². The molecule has 0 atom stereocenters. The molecule has 0 bridgehead atoms. The van der Waals surface area contributed by atoms with Crippen LogP contribution in [0.1, 0.15) is 13.3 Å². The Balaban J connectivity index is 3.30. The van der Waals surface area contributed by atoms with Gasteiger partial charge in [0.15, 0.2) is 0 Å². The third-order valence-corrected chi connectivity index (χ3v) is 1.82. The van der Waals surface area contributed by atoms with Crippen LogP contribution in [0.5, 0.6) is 0 Å². The van der Waals surface area contributed by atoms with E-state index in [0.717, 1.165) is 5.75 Å². The molecule has 0 aliphatic carbocycles. The minimum absolute atomic E-state index is 0.269. The van der Waals surface area contributed by atoms with Crippen LogP contribution >= 0.6 is 11.8 Å². The lowest BCUT2D eigenvalue weighted by Crippen LogP contribution is -2.28. The monoisotopic (exact) mass is 177 g/mol. The van der Waals surface area contributed by atoms with E-state index < -0.39 is 12.0 Å². The van der Waals surface area contributed by atoms with Gasteiger partial charge in [0.2, 0.25) is 5.91 Å². The van der Waals surface area contributed by atoms with Gasteiger partial charge >= 0.3 is 6.09 Å². The van der Waals surface area contributed by atoms with E-state index in [0.29, 0.717) is 5.75 Å². The first-order valence-electron chi connectivity index (χ1n) is 3.27. The average Bonchev–Trinajstić information content (AvgIpc) is 1.86. The Morgan fingerprint density at radius 2 is 2.18 bits per heavy atom. The van der Waals surface area contributed by atoms with Crippen molar-refractivity contribution in [2.75, 3.05) is 11.5 Å². The van der Waals surface area contributed by atoms with Crippen molar-refractivity contribution in [3.63, 3.8) is 0 Å². The lowest BCUT2D eigenvalue weighted by molar-refractivity contribution is -0.119. The Bertz CT molecular complexity index is 149. The smallest absolute Gasteiger partial charge is 0.411 e. The second-order valence-electron chi connectivity index (χ2n) is 1.80. The topological polar surface area (TPSA) is 66.4 Å². The number of rotatable bonds is 4. The van der Waals surface area contributed by atoms with E-state index in [4.69, 9.17) is 5.11 Å². The Morgan fingerprint density at radius 3 is 2.64 bits per heavy atom. The van der Waals surface area contributed by atoms with Gasteiger partial charge in [0.25, 0.3) is 0 Å². The largest absolute Gasteiger partial charge is 0.465 e. The number of carboxylic acid groups (broad SMARTS) is 1. The predicted octanol–water partition coefficient (Wildman–Crippen LogP) is 0.924. The van der Waals surface area contributed by atoms with Gasteiger partial charge in [0.05, 0.1) is 0 Å². The standard InChI is InChI=1S/C6H11NO3S/c1-2-11-4-3-5(8)7-6(9)10/h2-4H2,1H3,(H,7,8)(H,9,10). The van der Waals surface area contributed by atoms with Gasteiger partial charge in [-0.15, -0.1) is 0 Å². The molecule has 2 N–H and O–H groups in total. The molecule has 5 heteroatoms. The average molecular weight is 177 g/mol. The van der Waals surface area contributed by atoms with Crippen LogP contribution in [0.25, 0.3) is 0 Å². The zero-order valence-electron chi connectivity index (χ0n) is 6.29. The molecular formula is C6H11NO3S. The molecule has 0 aliphatic heterocycles. The number of imide groups is 1. The fraction of sp³-hybridized carbons (Fsp3) is 0.667. The normalized spacial score (nSPS) is 9.18. The Kier molecular flexibility index (Phi) is 5.64. The van der Waals surface area contributed by atoms with Crippen LogP contribution in [-0.2, 0) is 4.79 Å². The maximum Gasteiger partial charge on any atom is 0.411 e. The van der Waals surface area contributed by atoms with Crippen molar-refractivity contribution in [2.24, 2.45) is 0 Å². The van der Waals surface area contributed by atoms with Crippen LogP contribution in [0.2, 0.25) is 0 Å². The van der Waals surface area contributed by atoms with Gasteiger partial charge in [-0.2, -0.15) is 11.8 Å². The summed E-state index contributed by atoms with van der Waals surface area (Å²) in [6.45, 7) is 1.99. The molecule has 0 saturated heterocycles. The van der Waals surface area contributed by atoms with E-state index in [1.165, 1.54) is 0 Å². The molecule has 0 aromatic carbocycles. The number of nitrogens with one attached hydrogen (secondary N) is 1. The molecule has 0 fully saturated rings. The van der Waals surface area contributed by atoms with E-state index in [2.05, 4.69) is 0 Å². The molecule has 0 rings (SSSR count). The first kappa shape index (κ1) is 10.3. The zero-order chi connectivity index (χ0) is 8.69. The first-order chi connectivity index (χ1) is 5.16. The molecule has 4 nitrogen and oxygen atoms in total. The summed E-state index contributed by atoms with van der Waals surface area (Å²) >= 11 is 1.61. The van der Waals surface area contributed by atoms with E-state index in [1.54, 1.807) is 17.1 Å². The van der Waals surface area contributed by atoms with Crippen molar-refractivity contribution in [3.05, 3.63) is 0 Å². The first-order valence-corrected chi connectivity index (χ1v) is 4.42. The number of thioether (sulfide) groups is 1. The molecule has 64 valence electrons. The highest BCUT2D eigenvalue weighted by molar-refractivity contribution is 7.99. The van der Waals surface area contributed by atoms with Gasteiger partial charge < -0.3 is 5.11 Å². The van der Waals surface area contributed by atoms with Crippen molar-refractivity contribution in [1.82, 2.24) is 5.32 Å². The number of hydrogen-bond acceptors (Lipinski definition) is 3. The van der Waals surface area contributed by atoms with Crippen LogP contribution in [0, 0.1) is 0 Å². The third kappa shape index (κ3) is 7.18. The van der Waals surface area contributed by atoms with Gasteiger partial charge in [-0.1, -0.05) is 6.92 Å². The minimum atomic E-state index is -1.28. The molecule has 0 unspecified atom stereocenters. The maximum atomic E-state index is 10.6. The highest BCUT2D eigenvalue weighted by atomic mass is 32.2. The van der Waals surface area contributed by atoms with Crippen LogP contribution in [0.3, 0.4) is 0 Å². The summed E-state index contributed by atoms with van der Waals surface area (Å²) in [6.07, 6.45) is -1.01. The number of hydrogen-bond donors (Lipinski definition) is 2.